The number of esters is 1. The molecule has 1 saturated heterocycles. The minimum Gasteiger partial charge on any atom is -0.465 e. The van der Waals surface area contributed by atoms with E-state index in [4.69, 9.17) is 4.74 Å². The van der Waals surface area contributed by atoms with Crippen molar-refractivity contribution in [2.24, 2.45) is 11.8 Å². The van der Waals surface area contributed by atoms with E-state index >= 15 is 0 Å². The van der Waals surface area contributed by atoms with Crippen LogP contribution >= 0.6 is 0 Å². The summed E-state index contributed by atoms with van der Waals surface area (Å²) in [6, 6.07) is 0. The van der Waals surface area contributed by atoms with E-state index in [-0.39, 0.29) is 11.9 Å². The van der Waals surface area contributed by atoms with Crippen molar-refractivity contribution in [1.82, 2.24) is 0 Å². The Morgan fingerprint density at radius 2 is 2.10 bits per heavy atom. The first kappa shape index (κ1) is 6.20. The highest BCUT2D eigenvalue weighted by atomic mass is 16.5. The summed E-state index contributed by atoms with van der Waals surface area (Å²) in [6.07, 6.45) is 4.79. The third kappa shape index (κ3) is 0.825. The SMILES string of the molecule is O=C1OCCC1C1CCC1. The van der Waals surface area contributed by atoms with E-state index in [0.29, 0.717) is 12.5 Å². The molecule has 0 N–H and O–H groups in total. The van der Waals surface area contributed by atoms with Crippen LogP contribution in [-0.4, -0.2) is 12.6 Å². The molecule has 10 heavy (non-hydrogen) atoms. The minimum atomic E-state index is 0.0599. The Hall–Kier alpha value is -0.530. The molecule has 2 nitrogen and oxygen atoms in total. The van der Waals surface area contributed by atoms with Crippen LogP contribution in [0.1, 0.15) is 25.7 Å². The molecular weight excluding hydrogens is 128 g/mol. The molecule has 1 aliphatic heterocycles. The first-order valence-electron chi connectivity index (χ1n) is 4.04. The Kier molecular flexibility index (Phi) is 1.40. The van der Waals surface area contributed by atoms with Gasteiger partial charge in [-0.3, -0.25) is 4.79 Å². The van der Waals surface area contributed by atoms with Gasteiger partial charge >= 0.3 is 5.97 Å². The van der Waals surface area contributed by atoms with Crippen LogP contribution in [0.4, 0.5) is 0 Å². The largest absolute Gasteiger partial charge is 0.465 e. The molecular formula is C8H12O2. The van der Waals surface area contributed by atoms with Crippen molar-refractivity contribution in [2.75, 3.05) is 6.61 Å². The van der Waals surface area contributed by atoms with Crippen molar-refractivity contribution >= 4 is 5.97 Å². The number of hydrogen-bond donors (Lipinski definition) is 0. The average Bonchev–Trinajstić information content (AvgIpc) is 2.12. The molecule has 0 radical (unpaired) electrons. The fourth-order valence-corrected chi connectivity index (χ4v) is 1.78. The number of carbonyl (C=O) groups is 1. The van der Waals surface area contributed by atoms with Crippen molar-refractivity contribution in [3.05, 3.63) is 0 Å². The number of rotatable bonds is 1. The maximum Gasteiger partial charge on any atom is 0.309 e. The molecule has 1 heterocycles. The van der Waals surface area contributed by atoms with Crippen molar-refractivity contribution in [3.63, 3.8) is 0 Å². The van der Waals surface area contributed by atoms with Gasteiger partial charge in [0.05, 0.1) is 12.5 Å². The van der Waals surface area contributed by atoms with Crippen molar-refractivity contribution in [1.29, 1.82) is 0 Å². The zero-order chi connectivity index (χ0) is 6.97. The van der Waals surface area contributed by atoms with E-state index in [2.05, 4.69) is 0 Å². The number of hydrogen-bond acceptors (Lipinski definition) is 2. The lowest BCUT2D eigenvalue weighted by Crippen LogP contribution is -2.25. The van der Waals surface area contributed by atoms with Gasteiger partial charge in [-0.25, -0.2) is 0 Å². The number of ether oxygens (including phenoxy) is 1. The van der Waals surface area contributed by atoms with E-state index in [9.17, 15) is 4.79 Å². The highest BCUT2D eigenvalue weighted by molar-refractivity contribution is 5.74. The molecule has 2 aliphatic rings. The third-order valence-corrected chi connectivity index (χ3v) is 2.69. The normalized spacial score (nSPS) is 33.6. The lowest BCUT2D eigenvalue weighted by atomic mass is 9.75. The molecule has 2 heteroatoms. The Morgan fingerprint density at radius 3 is 2.50 bits per heavy atom. The van der Waals surface area contributed by atoms with Gasteiger partial charge in [0.2, 0.25) is 0 Å². The van der Waals surface area contributed by atoms with Crippen LogP contribution < -0.4 is 0 Å². The highest BCUT2D eigenvalue weighted by Crippen LogP contribution is 2.37. The molecule has 56 valence electrons. The lowest BCUT2D eigenvalue weighted by molar-refractivity contribution is -0.143. The number of carbonyl (C=O) groups excluding carboxylic acids is 1. The standard InChI is InChI=1S/C8H12O2/c9-8-7(4-5-10-8)6-2-1-3-6/h6-7H,1-5H2. The zero-order valence-electron chi connectivity index (χ0n) is 6.01. The molecule has 0 aromatic heterocycles. The highest BCUT2D eigenvalue weighted by Gasteiger charge is 2.36. The molecule has 2 fully saturated rings. The van der Waals surface area contributed by atoms with Crippen molar-refractivity contribution in [3.8, 4) is 0 Å². The Bertz CT molecular complexity index is 149. The quantitative estimate of drug-likeness (QED) is 0.514. The fourth-order valence-electron chi connectivity index (χ4n) is 1.78. The predicted octanol–water partition coefficient (Wildman–Crippen LogP) is 1.35. The first-order chi connectivity index (χ1) is 4.88. The van der Waals surface area contributed by atoms with Gasteiger partial charge in [0, 0.05) is 0 Å². The van der Waals surface area contributed by atoms with Gasteiger partial charge in [-0.2, -0.15) is 0 Å². The second-order valence-electron chi connectivity index (χ2n) is 3.25. The fraction of sp³-hybridized carbons (Fsp3) is 0.875. The van der Waals surface area contributed by atoms with Gasteiger partial charge in [0.1, 0.15) is 0 Å². The molecule has 0 aromatic rings. The first-order valence-corrected chi connectivity index (χ1v) is 4.04. The molecule has 0 spiro atoms. The van der Waals surface area contributed by atoms with Gasteiger partial charge in [0.25, 0.3) is 0 Å². The molecule has 0 bridgehead atoms. The van der Waals surface area contributed by atoms with Crippen LogP contribution in [0.3, 0.4) is 0 Å². The predicted molar refractivity (Wildman–Crippen MR) is 36.4 cm³/mol. The maximum absolute atomic E-state index is 11.0. The second kappa shape index (κ2) is 2.26. The lowest BCUT2D eigenvalue weighted by Gasteiger charge is -2.28. The van der Waals surface area contributed by atoms with Gasteiger partial charge in [0.15, 0.2) is 0 Å². The van der Waals surface area contributed by atoms with E-state index in [1.165, 1.54) is 19.3 Å². The number of cyclic esters (lactones) is 1. The average molecular weight is 140 g/mol. The van der Waals surface area contributed by atoms with E-state index < -0.39 is 0 Å². The molecule has 1 unspecified atom stereocenters. The monoisotopic (exact) mass is 140 g/mol. The van der Waals surface area contributed by atoms with Crippen LogP contribution in [0.2, 0.25) is 0 Å². The van der Waals surface area contributed by atoms with Crippen LogP contribution in [0.25, 0.3) is 0 Å². The Labute approximate surface area is 60.6 Å². The topological polar surface area (TPSA) is 26.3 Å². The second-order valence-corrected chi connectivity index (χ2v) is 3.25. The summed E-state index contributed by atoms with van der Waals surface area (Å²) in [5, 5.41) is 0. The van der Waals surface area contributed by atoms with Crippen molar-refractivity contribution in [2.45, 2.75) is 25.7 Å². The molecule has 1 saturated carbocycles. The Balaban J connectivity index is 1.96. The Morgan fingerprint density at radius 1 is 1.30 bits per heavy atom. The molecule has 0 aromatic carbocycles. The summed E-state index contributed by atoms with van der Waals surface area (Å²) in [4.78, 5) is 11.0. The van der Waals surface area contributed by atoms with Crippen LogP contribution in [-0.2, 0) is 9.53 Å². The van der Waals surface area contributed by atoms with Crippen LogP contribution in [0.5, 0.6) is 0 Å². The van der Waals surface area contributed by atoms with Gasteiger partial charge in [-0.1, -0.05) is 6.42 Å². The summed E-state index contributed by atoms with van der Waals surface area (Å²) in [6.45, 7) is 0.667. The summed E-state index contributed by atoms with van der Waals surface area (Å²) < 4.78 is 4.88. The minimum absolute atomic E-state index is 0.0599. The van der Waals surface area contributed by atoms with E-state index in [1.54, 1.807) is 0 Å². The van der Waals surface area contributed by atoms with Crippen LogP contribution in [0.15, 0.2) is 0 Å². The molecule has 2 rings (SSSR count). The molecule has 1 aliphatic carbocycles. The van der Waals surface area contributed by atoms with Crippen molar-refractivity contribution < 1.29 is 9.53 Å². The summed E-state index contributed by atoms with van der Waals surface area (Å²) in [7, 11) is 0. The summed E-state index contributed by atoms with van der Waals surface area (Å²) >= 11 is 0. The van der Waals surface area contributed by atoms with Gasteiger partial charge in [-0.15, -0.1) is 0 Å². The van der Waals surface area contributed by atoms with Gasteiger partial charge < -0.3 is 4.74 Å². The smallest absolute Gasteiger partial charge is 0.309 e. The zero-order valence-corrected chi connectivity index (χ0v) is 6.01. The molecule has 1 atom stereocenters. The molecule has 0 amide bonds. The van der Waals surface area contributed by atoms with E-state index in [1.807, 2.05) is 0 Å². The van der Waals surface area contributed by atoms with E-state index in [0.717, 1.165) is 6.42 Å². The van der Waals surface area contributed by atoms with Crippen LogP contribution in [0, 0.1) is 11.8 Å². The third-order valence-electron chi connectivity index (χ3n) is 2.69. The summed E-state index contributed by atoms with van der Waals surface area (Å²) in [5.41, 5.74) is 0. The maximum atomic E-state index is 11.0. The summed E-state index contributed by atoms with van der Waals surface area (Å²) in [5.74, 6) is 1.01. The van der Waals surface area contributed by atoms with Gasteiger partial charge in [-0.05, 0) is 25.2 Å².